The number of fused-ring (bicyclic) bond motifs is 4. The predicted molar refractivity (Wildman–Crippen MR) is 101 cm³/mol. The Morgan fingerprint density at radius 3 is 3.00 bits per heavy atom. The SMILES string of the molecule is COc1ccc2[nH]cc(CCn3ccc4c(cnc5ncnn54)c3=O)c2c1. The molecule has 8 nitrogen and oxygen atoms in total. The average molecular weight is 360 g/mol. The first kappa shape index (κ1) is 15.6. The second-order valence-corrected chi connectivity index (χ2v) is 6.32. The molecule has 0 aliphatic rings. The van der Waals surface area contributed by atoms with Crippen molar-refractivity contribution in [1.29, 1.82) is 0 Å². The van der Waals surface area contributed by atoms with Gasteiger partial charge in [-0.25, -0.2) is 4.98 Å². The number of hydrogen-bond donors (Lipinski definition) is 1. The molecule has 1 aromatic carbocycles. The lowest BCUT2D eigenvalue weighted by molar-refractivity contribution is 0.415. The smallest absolute Gasteiger partial charge is 0.261 e. The molecule has 27 heavy (non-hydrogen) atoms. The minimum atomic E-state index is -0.0881. The van der Waals surface area contributed by atoms with Gasteiger partial charge in [-0.1, -0.05) is 0 Å². The third-order valence-electron chi connectivity index (χ3n) is 4.84. The number of rotatable bonds is 4. The van der Waals surface area contributed by atoms with E-state index in [-0.39, 0.29) is 5.56 Å². The Labute approximate surface area is 153 Å². The normalized spacial score (nSPS) is 11.6. The summed E-state index contributed by atoms with van der Waals surface area (Å²) in [6, 6.07) is 7.80. The van der Waals surface area contributed by atoms with E-state index in [0.29, 0.717) is 23.2 Å². The summed E-state index contributed by atoms with van der Waals surface area (Å²) >= 11 is 0. The van der Waals surface area contributed by atoms with Crippen molar-refractivity contribution >= 4 is 27.6 Å². The summed E-state index contributed by atoms with van der Waals surface area (Å²) in [4.78, 5) is 24.4. The highest BCUT2D eigenvalue weighted by Gasteiger charge is 2.10. The largest absolute Gasteiger partial charge is 0.497 e. The molecule has 0 atom stereocenters. The van der Waals surface area contributed by atoms with Gasteiger partial charge in [0, 0.05) is 36.0 Å². The zero-order chi connectivity index (χ0) is 18.4. The highest BCUT2D eigenvalue weighted by atomic mass is 16.5. The van der Waals surface area contributed by atoms with Crippen molar-refractivity contribution < 1.29 is 4.74 Å². The Balaban J connectivity index is 1.51. The molecule has 0 fully saturated rings. The maximum atomic E-state index is 12.9. The Morgan fingerprint density at radius 2 is 2.11 bits per heavy atom. The molecule has 0 aliphatic heterocycles. The number of methoxy groups -OCH3 is 1. The first-order valence-corrected chi connectivity index (χ1v) is 8.56. The van der Waals surface area contributed by atoms with E-state index in [9.17, 15) is 4.79 Å². The third kappa shape index (κ3) is 2.45. The molecule has 4 heterocycles. The standard InChI is InChI=1S/C19H16N6O2/c1-27-13-2-3-16-14(8-13)12(9-20-16)4-6-24-7-5-17-15(18(24)26)10-21-19-22-11-23-25(17)19/h2-3,5,7-11,20H,4,6H2,1H3. The van der Waals surface area contributed by atoms with Crippen molar-refractivity contribution in [2.24, 2.45) is 0 Å². The molecule has 0 saturated heterocycles. The molecule has 0 aliphatic carbocycles. The maximum Gasteiger partial charge on any atom is 0.261 e. The fourth-order valence-corrected chi connectivity index (χ4v) is 3.41. The molecule has 0 radical (unpaired) electrons. The van der Waals surface area contributed by atoms with Gasteiger partial charge >= 0.3 is 0 Å². The molecule has 8 heteroatoms. The first-order valence-electron chi connectivity index (χ1n) is 8.56. The molecule has 134 valence electrons. The number of aromatic nitrogens is 6. The van der Waals surface area contributed by atoms with Crippen LogP contribution in [0.2, 0.25) is 0 Å². The fourth-order valence-electron chi connectivity index (χ4n) is 3.41. The van der Waals surface area contributed by atoms with Crippen LogP contribution in [0.4, 0.5) is 0 Å². The summed E-state index contributed by atoms with van der Waals surface area (Å²) in [5.74, 6) is 1.29. The molecule has 0 unspecified atom stereocenters. The van der Waals surface area contributed by atoms with Crippen molar-refractivity contribution in [2.75, 3.05) is 7.11 Å². The monoisotopic (exact) mass is 360 g/mol. The lowest BCUT2D eigenvalue weighted by atomic mass is 10.1. The molecule has 0 spiro atoms. The number of aromatic amines is 1. The van der Waals surface area contributed by atoms with Crippen LogP contribution in [0.15, 0.2) is 54.0 Å². The number of H-pyrrole nitrogens is 1. The van der Waals surface area contributed by atoms with Crippen LogP contribution >= 0.6 is 0 Å². The van der Waals surface area contributed by atoms with Gasteiger partial charge in [-0.3, -0.25) is 4.79 Å². The molecule has 5 rings (SSSR count). The van der Waals surface area contributed by atoms with Crippen LogP contribution in [0.3, 0.4) is 0 Å². The molecule has 0 amide bonds. The fraction of sp³-hybridized carbons (Fsp3) is 0.158. The summed E-state index contributed by atoms with van der Waals surface area (Å²) < 4.78 is 8.59. The van der Waals surface area contributed by atoms with E-state index in [0.717, 1.165) is 28.6 Å². The number of ether oxygens (including phenoxy) is 1. The van der Waals surface area contributed by atoms with Crippen LogP contribution < -0.4 is 10.3 Å². The highest BCUT2D eigenvalue weighted by molar-refractivity contribution is 5.84. The van der Waals surface area contributed by atoms with Gasteiger partial charge in [-0.05, 0) is 36.2 Å². The average Bonchev–Trinajstić information content (AvgIpc) is 3.33. The van der Waals surface area contributed by atoms with Crippen LogP contribution in [0.1, 0.15) is 5.56 Å². The zero-order valence-electron chi connectivity index (χ0n) is 14.6. The van der Waals surface area contributed by atoms with Gasteiger partial charge in [-0.2, -0.15) is 14.6 Å². The second kappa shape index (κ2) is 5.94. The predicted octanol–water partition coefficient (Wildman–Crippen LogP) is 2.17. The van der Waals surface area contributed by atoms with Crippen LogP contribution in [-0.2, 0) is 13.0 Å². The van der Waals surface area contributed by atoms with Gasteiger partial charge in [0.2, 0.25) is 0 Å². The molecule has 4 aromatic heterocycles. The summed E-state index contributed by atoms with van der Waals surface area (Å²) in [5, 5.41) is 5.76. The van der Waals surface area contributed by atoms with Gasteiger partial charge < -0.3 is 14.3 Å². The van der Waals surface area contributed by atoms with Crippen molar-refractivity contribution in [2.45, 2.75) is 13.0 Å². The van der Waals surface area contributed by atoms with Gasteiger partial charge in [0.15, 0.2) is 0 Å². The van der Waals surface area contributed by atoms with Crippen LogP contribution in [0.25, 0.3) is 27.6 Å². The number of aryl methyl sites for hydroxylation is 2. The van der Waals surface area contributed by atoms with Gasteiger partial charge in [0.25, 0.3) is 11.3 Å². The minimum Gasteiger partial charge on any atom is -0.497 e. The molecule has 5 aromatic rings. The van der Waals surface area contributed by atoms with Gasteiger partial charge in [0.1, 0.15) is 12.1 Å². The topological polar surface area (TPSA) is 90.1 Å². The Morgan fingerprint density at radius 1 is 1.19 bits per heavy atom. The lowest BCUT2D eigenvalue weighted by Gasteiger charge is -2.08. The van der Waals surface area contributed by atoms with E-state index in [2.05, 4.69) is 20.1 Å². The van der Waals surface area contributed by atoms with Gasteiger partial charge in [-0.15, -0.1) is 0 Å². The summed E-state index contributed by atoms with van der Waals surface area (Å²) in [6.45, 7) is 0.564. The van der Waals surface area contributed by atoms with Crippen molar-refractivity contribution in [3.8, 4) is 5.75 Å². The second-order valence-electron chi connectivity index (χ2n) is 6.32. The highest BCUT2D eigenvalue weighted by Crippen LogP contribution is 2.24. The van der Waals surface area contributed by atoms with Crippen LogP contribution in [0.5, 0.6) is 5.75 Å². The lowest BCUT2D eigenvalue weighted by Crippen LogP contribution is -2.21. The van der Waals surface area contributed by atoms with Crippen molar-refractivity contribution in [3.05, 3.63) is 65.1 Å². The van der Waals surface area contributed by atoms with E-state index in [1.165, 1.54) is 6.33 Å². The number of nitrogens with one attached hydrogen (secondary N) is 1. The Kier molecular flexibility index (Phi) is 3.43. The van der Waals surface area contributed by atoms with E-state index in [1.54, 1.807) is 28.6 Å². The van der Waals surface area contributed by atoms with Crippen molar-refractivity contribution in [1.82, 2.24) is 29.1 Å². The van der Waals surface area contributed by atoms with E-state index in [4.69, 9.17) is 4.74 Å². The minimum absolute atomic E-state index is 0.0881. The zero-order valence-corrected chi connectivity index (χ0v) is 14.6. The number of benzene rings is 1. The molecule has 0 saturated carbocycles. The molecular weight excluding hydrogens is 344 g/mol. The molecule has 1 N–H and O–H groups in total. The summed E-state index contributed by atoms with van der Waals surface area (Å²) in [7, 11) is 1.66. The summed E-state index contributed by atoms with van der Waals surface area (Å²) in [6.07, 6.45) is 7.49. The van der Waals surface area contributed by atoms with Crippen LogP contribution in [0, 0.1) is 0 Å². The van der Waals surface area contributed by atoms with E-state index in [1.807, 2.05) is 30.5 Å². The quantitative estimate of drug-likeness (QED) is 0.530. The number of hydrogen-bond acceptors (Lipinski definition) is 5. The van der Waals surface area contributed by atoms with Crippen molar-refractivity contribution in [3.63, 3.8) is 0 Å². The van der Waals surface area contributed by atoms with Crippen LogP contribution in [-0.4, -0.2) is 36.2 Å². The van der Waals surface area contributed by atoms with Gasteiger partial charge in [0.05, 0.1) is 18.0 Å². The number of nitrogens with zero attached hydrogens (tertiary/aromatic N) is 5. The van der Waals surface area contributed by atoms with E-state index >= 15 is 0 Å². The Bertz CT molecular complexity index is 1350. The molecule has 0 bridgehead atoms. The van der Waals surface area contributed by atoms with E-state index < -0.39 is 0 Å². The summed E-state index contributed by atoms with van der Waals surface area (Å²) in [5.41, 5.74) is 2.81. The third-order valence-corrected chi connectivity index (χ3v) is 4.84. The first-order chi connectivity index (χ1) is 13.2. The Hall–Kier alpha value is -3.68. The maximum absolute atomic E-state index is 12.9. The molecular formula is C19H16N6O2. The number of pyridine rings is 1.